The lowest BCUT2D eigenvalue weighted by Gasteiger charge is -2.26. The van der Waals surface area contributed by atoms with Crippen LogP contribution in [0.5, 0.6) is 0 Å². The summed E-state index contributed by atoms with van der Waals surface area (Å²) < 4.78 is 2.07. The number of nitrogens with zero attached hydrogens (tertiary/aromatic N) is 5. The van der Waals surface area contributed by atoms with Crippen molar-refractivity contribution in [2.24, 2.45) is 0 Å². The van der Waals surface area contributed by atoms with Crippen molar-refractivity contribution in [1.29, 1.82) is 0 Å². The summed E-state index contributed by atoms with van der Waals surface area (Å²) in [5.74, 6) is 1.66. The Labute approximate surface area is 122 Å². The lowest BCUT2D eigenvalue weighted by molar-refractivity contribution is -0.129. The van der Waals surface area contributed by atoms with Gasteiger partial charge in [-0.25, -0.2) is 4.79 Å². The van der Waals surface area contributed by atoms with E-state index < -0.39 is 0 Å². The van der Waals surface area contributed by atoms with E-state index in [1.807, 2.05) is 0 Å². The fourth-order valence-electron chi connectivity index (χ4n) is 3.62. The number of rotatable bonds is 2. The molecule has 3 amide bonds. The first-order valence-corrected chi connectivity index (χ1v) is 7.78. The summed E-state index contributed by atoms with van der Waals surface area (Å²) in [5, 5.41) is 8.39. The van der Waals surface area contributed by atoms with Crippen LogP contribution >= 0.6 is 0 Å². The summed E-state index contributed by atoms with van der Waals surface area (Å²) in [5.41, 5.74) is 0. The Hall–Kier alpha value is -1.92. The molecule has 3 aliphatic rings. The topological polar surface area (TPSA) is 71.3 Å². The van der Waals surface area contributed by atoms with Crippen LogP contribution in [-0.2, 0) is 24.3 Å². The number of carbonyl (C=O) groups excluding carboxylic acids is 2. The molecule has 0 unspecified atom stereocenters. The molecule has 0 aliphatic carbocycles. The number of carbonyl (C=O) groups is 2. The van der Waals surface area contributed by atoms with Gasteiger partial charge in [0, 0.05) is 19.5 Å². The number of fused-ring (bicyclic) bond motifs is 2. The van der Waals surface area contributed by atoms with Crippen molar-refractivity contribution in [2.45, 2.75) is 57.7 Å². The van der Waals surface area contributed by atoms with Gasteiger partial charge in [0.25, 0.3) is 5.91 Å². The van der Waals surface area contributed by atoms with Crippen molar-refractivity contribution in [3.8, 4) is 0 Å². The van der Waals surface area contributed by atoms with Crippen molar-refractivity contribution in [2.75, 3.05) is 6.54 Å². The van der Waals surface area contributed by atoms with Gasteiger partial charge in [-0.05, 0) is 32.1 Å². The van der Waals surface area contributed by atoms with E-state index in [2.05, 4.69) is 14.8 Å². The van der Waals surface area contributed by atoms with Crippen LogP contribution in [0.3, 0.4) is 0 Å². The van der Waals surface area contributed by atoms with E-state index in [0.717, 1.165) is 56.7 Å². The molecule has 7 nitrogen and oxygen atoms in total. The minimum Gasteiger partial charge on any atom is -0.313 e. The van der Waals surface area contributed by atoms with Crippen LogP contribution in [0.25, 0.3) is 0 Å². The lowest BCUT2D eigenvalue weighted by Crippen LogP contribution is -2.39. The largest absolute Gasteiger partial charge is 0.327 e. The second kappa shape index (κ2) is 4.82. The molecular formula is C14H19N5O2. The van der Waals surface area contributed by atoms with Crippen molar-refractivity contribution in [1.82, 2.24) is 24.6 Å². The smallest absolute Gasteiger partial charge is 0.313 e. The molecule has 1 aromatic heterocycles. The lowest BCUT2D eigenvalue weighted by atomic mass is 10.0. The summed E-state index contributed by atoms with van der Waals surface area (Å²) in [7, 11) is 0. The van der Waals surface area contributed by atoms with Crippen LogP contribution in [0.15, 0.2) is 0 Å². The van der Waals surface area contributed by atoms with Crippen molar-refractivity contribution < 1.29 is 9.59 Å². The Kier molecular flexibility index (Phi) is 2.94. The normalized spacial score (nSPS) is 25.2. The molecule has 0 bridgehead atoms. The molecule has 0 aromatic carbocycles. The summed E-state index contributed by atoms with van der Waals surface area (Å²) in [6.07, 6.45) is 5.98. The highest BCUT2D eigenvalue weighted by Crippen LogP contribution is 2.28. The van der Waals surface area contributed by atoms with Crippen LogP contribution in [0.2, 0.25) is 0 Å². The number of hydrogen-bond acceptors (Lipinski definition) is 4. The highest BCUT2D eigenvalue weighted by atomic mass is 16.2. The first-order chi connectivity index (χ1) is 10.3. The molecule has 21 heavy (non-hydrogen) atoms. The van der Waals surface area contributed by atoms with Crippen molar-refractivity contribution in [3.05, 3.63) is 11.6 Å². The molecule has 4 heterocycles. The Morgan fingerprint density at radius 3 is 2.76 bits per heavy atom. The van der Waals surface area contributed by atoms with Gasteiger partial charge in [-0.3, -0.25) is 9.69 Å². The van der Waals surface area contributed by atoms with E-state index in [9.17, 15) is 9.59 Å². The number of aryl methyl sites for hydroxylation is 1. The molecule has 7 heteroatoms. The van der Waals surface area contributed by atoms with Crippen molar-refractivity contribution in [3.63, 3.8) is 0 Å². The van der Waals surface area contributed by atoms with Crippen molar-refractivity contribution >= 4 is 11.9 Å². The summed E-state index contributed by atoms with van der Waals surface area (Å²) in [6, 6.07) is -0.396. The van der Waals surface area contributed by atoms with E-state index in [1.54, 1.807) is 4.90 Å². The minimum absolute atomic E-state index is 0.0622. The van der Waals surface area contributed by atoms with Gasteiger partial charge in [-0.1, -0.05) is 0 Å². The van der Waals surface area contributed by atoms with Crippen LogP contribution in [0.1, 0.15) is 43.8 Å². The number of aromatic nitrogens is 3. The molecule has 0 spiro atoms. The molecule has 3 aliphatic heterocycles. The van der Waals surface area contributed by atoms with Gasteiger partial charge in [0.2, 0.25) is 0 Å². The van der Waals surface area contributed by atoms with E-state index in [1.165, 1.54) is 4.90 Å². The van der Waals surface area contributed by atoms with Crippen LogP contribution in [0.4, 0.5) is 4.79 Å². The third-order valence-corrected chi connectivity index (χ3v) is 4.77. The van der Waals surface area contributed by atoms with Crippen LogP contribution < -0.4 is 0 Å². The fourth-order valence-corrected chi connectivity index (χ4v) is 3.62. The van der Waals surface area contributed by atoms with Gasteiger partial charge in [0.1, 0.15) is 11.9 Å². The molecule has 1 aromatic rings. The Morgan fingerprint density at radius 2 is 1.90 bits per heavy atom. The Bertz CT molecular complexity index is 572. The van der Waals surface area contributed by atoms with E-state index >= 15 is 0 Å². The first kappa shape index (κ1) is 12.8. The molecule has 112 valence electrons. The average molecular weight is 289 g/mol. The fraction of sp³-hybridized carbons (Fsp3) is 0.714. The Balaban J connectivity index is 1.58. The first-order valence-electron chi connectivity index (χ1n) is 7.78. The standard InChI is InChI=1S/C14H19N5O2/c20-13-10-5-1-3-7-17(10)14(21)19(13)9-12-16-15-11-6-2-4-8-18(11)12/h10H,1-9H2/t10-/m1/s1. The molecule has 1 atom stereocenters. The van der Waals surface area contributed by atoms with Gasteiger partial charge >= 0.3 is 6.03 Å². The maximum atomic E-state index is 12.5. The maximum absolute atomic E-state index is 12.5. The highest BCUT2D eigenvalue weighted by Gasteiger charge is 2.46. The number of imide groups is 1. The van der Waals surface area contributed by atoms with Crippen LogP contribution in [-0.4, -0.2) is 49.1 Å². The minimum atomic E-state index is -0.241. The SMILES string of the molecule is O=C1[C@H]2CCCCN2C(=O)N1Cc1nnc2n1CCCC2. The third kappa shape index (κ3) is 1.94. The average Bonchev–Trinajstić information content (AvgIpc) is 3.04. The number of urea groups is 1. The number of piperidine rings is 1. The summed E-state index contributed by atoms with van der Waals surface area (Å²) in [6.45, 7) is 1.85. The van der Waals surface area contributed by atoms with Gasteiger partial charge < -0.3 is 9.47 Å². The zero-order valence-electron chi connectivity index (χ0n) is 12.0. The maximum Gasteiger partial charge on any atom is 0.327 e. The van der Waals surface area contributed by atoms with E-state index in [4.69, 9.17) is 0 Å². The summed E-state index contributed by atoms with van der Waals surface area (Å²) >= 11 is 0. The van der Waals surface area contributed by atoms with Gasteiger partial charge in [0.05, 0.1) is 6.54 Å². The zero-order valence-corrected chi connectivity index (χ0v) is 12.0. The van der Waals surface area contributed by atoms with E-state index in [0.29, 0.717) is 6.54 Å². The predicted octanol–water partition coefficient (Wildman–Crippen LogP) is 0.931. The zero-order chi connectivity index (χ0) is 14.4. The molecule has 4 rings (SSSR count). The molecular weight excluding hydrogens is 270 g/mol. The number of hydrogen-bond donors (Lipinski definition) is 0. The van der Waals surface area contributed by atoms with Crippen LogP contribution in [0, 0.1) is 0 Å². The second-order valence-electron chi connectivity index (χ2n) is 6.05. The van der Waals surface area contributed by atoms with Gasteiger partial charge in [-0.15, -0.1) is 10.2 Å². The molecule has 0 radical (unpaired) electrons. The second-order valence-corrected chi connectivity index (χ2v) is 6.05. The molecule has 0 N–H and O–H groups in total. The number of amides is 3. The summed E-state index contributed by atoms with van der Waals surface area (Å²) in [4.78, 5) is 28.0. The molecule has 2 saturated heterocycles. The van der Waals surface area contributed by atoms with E-state index in [-0.39, 0.29) is 24.5 Å². The highest BCUT2D eigenvalue weighted by molar-refractivity contribution is 6.04. The predicted molar refractivity (Wildman–Crippen MR) is 73.3 cm³/mol. The quantitative estimate of drug-likeness (QED) is 0.759. The third-order valence-electron chi connectivity index (χ3n) is 4.77. The monoisotopic (exact) mass is 289 g/mol. The van der Waals surface area contributed by atoms with Gasteiger partial charge in [-0.2, -0.15) is 0 Å². The van der Waals surface area contributed by atoms with Gasteiger partial charge in [0.15, 0.2) is 5.82 Å². The Morgan fingerprint density at radius 1 is 1.05 bits per heavy atom. The molecule has 2 fully saturated rings. The molecule has 0 saturated carbocycles.